The summed E-state index contributed by atoms with van der Waals surface area (Å²) in [6.07, 6.45) is 3.62. The highest BCUT2D eigenvalue weighted by atomic mass is 16.5. The molecule has 1 amide bonds. The third kappa shape index (κ3) is 6.46. The highest BCUT2D eigenvalue weighted by Crippen LogP contribution is 1.89. The Labute approximate surface area is 85.0 Å². The van der Waals surface area contributed by atoms with Crippen molar-refractivity contribution in [1.82, 2.24) is 5.32 Å². The van der Waals surface area contributed by atoms with Crippen LogP contribution in [0.2, 0.25) is 0 Å². The van der Waals surface area contributed by atoms with E-state index in [1.54, 1.807) is 0 Å². The molecular formula is C10H19NO3. The van der Waals surface area contributed by atoms with E-state index in [4.69, 9.17) is 4.74 Å². The van der Waals surface area contributed by atoms with Gasteiger partial charge in [0, 0.05) is 6.54 Å². The minimum Gasteiger partial charge on any atom is -0.459 e. The Morgan fingerprint density at radius 1 is 1.14 bits per heavy atom. The average Bonchev–Trinajstić information content (AvgIpc) is 2.18. The van der Waals surface area contributed by atoms with Gasteiger partial charge in [-0.2, -0.15) is 0 Å². The maximum absolute atomic E-state index is 11.0. The van der Waals surface area contributed by atoms with E-state index < -0.39 is 11.9 Å². The van der Waals surface area contributed by atoms with Crippen molar-refractivity contribution in [1.29, 1.82) is 0 Å². The molecule has 0 aliphatic carbocycles. The first-order valence-electron chi connectivity index (χ1n) is 5.17. The van der Waals surface area contributed by atoms with Crippen molar-refractivity contribution in [3.8, 4) is 0 Å². The maximum atomic E-state index is 11.0. The number of carbonyl (C=O) groups excluding carboxylic acids is 2. The van der Waals surface area contributed by atoms with E-state index in [0.717, 1.165) is 25.7 Å². The first-order valence-corrected chi connectivity index (χ1v) is 5.17. The van der Waals surface area contributed by atoms with Crippen LogP contribution in [0.1, 0.15) is 39.5 Å². The van der Waals surface area contributed by atoms with Gasteiger partial charge in [-0.3, -0.25) is 4.79 Å². The van der Waals surface area contributed by atoms with Crippen molar-refractivity contribution in [3.63, 3.8) is 0 Å². The number of carbonyl (C=O) groups is 2. The van der Waals surface area contributed by atoms with Gasteiger partial charge in [-0.1, -0.05) is 26.7 Å². The van der Waals surface area contributed by atoms with Crippen LogP contribution in [-0.2, 0) is 14.3 Å². The van der Waals surface area contributed by atoms with Crippen LogP contribution in [0.5, 0.6) is 0 Å². The second kappa shape index (κ2) is 8.53. The smallest absolute Gasteiger partial charge is 0.396 e. The topological polar surface area (TPSA) is 55.4 Å². The minimum atomic E-state index is -0.769. The summed E-state index contributed by atoms with van der Waals surface area (Å²) in [4.78, 5) is 22.0. The van der Waals surface area contributed by atoms with Crippen LogP contribution in [0.4, 0.5) is 0 Å². The summed E-state index contributed by atoms with van der Waals surface area (Å²) in [6, 6.07) is 0. The molecule has 0 atom stereocenters. The van der Waals surface area contributed by atoms with Crippen LogP contribution in [0, 0.1) is 0 Å². The molecule has 4 heteroatoms. The molecule has 1 N–H and O–H groups in total. The fraction of sp³-hybridized carbons (Fsp3) is 0.800. The molecule has 0 bridgehead atoms. The van der Waals surface area contributed by atoms with Crippen LogP contribution in [0.15, 0.2) is 0 Å². The van der Waals surface area contributed by atoms with Gasteiger partial charge in [0.05, 0.1) is 6.61 Å². The molecule has 0 saturated carbocycles. The van der Waals surface area contributed by atoms with Gasteiger partial charge in [0.2, 0.25) is 0 Å². The molecule has 0 aliphatic rings. The Morgan fingerprint density at radius 2 is 1.79 bits per heavy atom. The van der Waals surface area contributed by atoms with E-state index in [0.29, 0.717) is 13.2 Å². The summed E-state index contributed by atoms with van der Waals surface area (Å²) in [5.41, 5.74) is 0. The van der Waals surface area contributed by atoms with Crippen LogP contribution in [0.25, 0.3) is 0 Å². The highest BCUT2D eigenvalue weighted by Gasteiger charge is 2.13. The number of nitrogens with one attached hydrogen (secondary N) is 1. The lowest BCUT2D eigenvalue weighted by Crippen LogP contribution is -2.33. The molecule has 0 aliphatic heterocycles. The van der Waals surface area contributed by atoms with Crippen LogP contribution < -0.4 is 5.32 Å². The van der Waals surface area contributed by atoms with Crippen molar-refractivity contribution in [2.45, 2.75) is 39.5 Å². The van der Waals surface area contributed by atoms with E-state index >= 15 is 0 Å². The molecule has 0 aromatic rings. The molecule has 0 heterocycles. The number of hydrogen-bond donors (Lipinski definition) is 1. The van der Waals surface area contributed by atoms with E-state index in [2.05, 4.69) is 5.32 Å². The average molecular weight is 201 g/mol. The maximum Gasteiger partial charge on any atom is 0.396 e. The molecule has 14 heavy (non-hydrogen) atoms. The molecular weight excluding hydrogens is 182 g/mol. The molecule has 0 aromatic carbocycles. The van der Waals surface area contributed by atoms with E-state index in [9.17, 15) is 9.59 Å². The Morgan fingerprint density at radius 3 is 2.36 bits per heavy atom. The molecule has 0 unspecified atom stereocenters. The van der Waals surface area contributed by atoms with Crippen molar-refractivity contribution in [3.05, 3.63) is 0 Å². The van der Waals surface area contributed by atoms with Gasteiger partial charge in [-0.15, -0.1) is 0 Å². The lowest BCUT2D eigenvalue weighted by atomic mass is 10.3. The Bertz CT molecular complexity index is 160. The summed E-state index contributed by atoms with van der Waals surface area (Å²) >= 11 is 0. The van der Waals surface area contributed by atoms with Crippen LogP contribution in [0.3, 0.4) is 0 Å². The monoisotopic (exact) mass is 201 g/mol. The molecule has 4 nitrogen and oxygen atoms in total. The second-order valence-corrected chi connectivity index (χ2v) is 3.10. The minimum absolute atomic E-state index is 0.330. The second-order valence-electron chi connectivity index (χ2n) is 3.10. The highest BCUT2D eigenvalue weighted by molar-refractivity contribution is 6.32. The van der Waals surface area contributed by atoms with Gasteiger partial charge < -0.3 is 10.1 Å². The zero-order chi connectivity index (χ0) is 10.8. The Hall–Kier alpha value is -1.06. The van der Waals surface area contributed by atoms with Gasteiger partial charge in [-0.25, -0.2) is 4.79 Å². The van der Waals surface area contributed by atoms with Crippen LogP contribution in [-0.4, -0.2) is 25.0 Å². The standard InChI is InChI=1S/C10H19NO3/c1-3-5-7-11-9(12)10(13)14-8-6-4-2/h3-8H2,1-2H3,(H,11,12). The normalized spacial score (nSPS) is 9.57. The molecule has 0 radical (unpaired) electrons. The van der Waals surface area contributed by atoms with Crippen molar-refractivity contribution in [2.75, 3.05) is 13.2 Å². The number of unbranched alkanes of at least 4 members (excludes halogenated alkanes) is 2. The Balaban J connectivity index is 3.50. The number of hydrogen-bond acceptors (Lipinski definition) is 3. The summed E-state index contributed by atoms with van der Waals surface area (Å²) in [7, 11) is 0. The molecule has 82 valence electrons. The predicted octanol–water partition coefficient (Wildman–Crippen LogP) is 1.25. The SMILES string of the molecule is CCCCNC(=O)C(=O)OCCCC. The summed E-state index contributed by atoms with van der Waals surface area (Å²) in [5, 5.41) is 2.50. The van der Waals surface area contributed by atoms with E-state index in [-0.39, 0.29) is 0 Å². The number of rotatable bonds is 6. The molecule has 0 spiro atoms. The van der Waals surface area contributed by atoms with Crippen molar-refractivity contribution in [2.24, 2.45) is 0 Å². The van der Waals surface area contributed by atoms with Gasteiger partial charge in [0.1, 0.15) is 0 Å². The third-order valence-electron chi connectivity index (χ3n) is 1.73. The first-order chi connectivity index (χ1) is 6.72. The number of amides is 1. The zero-order valence-electron chi connectivity index (χ0n) is 8.97. The lowest BCUT2D eigenvalue weighted by molar-refractivity contribution is -0.155. The van der Waals surface area contributed by atoms with E-state index in [1.807, 2.05) is 13.8 Å². The largest absolute Gasteiger partial charge is 0.459 e. The molecule has 0 aromatic heterocycles. The summed E-state index contributed by atoms with van der Waals surface area (Å²) < 4.78 is 4.72. The molecule has 0 fully saturated rings. The van der Waals surface area contributed by atoms with Gasteiger partial charge in [0.25, 0.3) is 0 Å². The van der Waals surface area contributed by atoms with Crippen molar-refractivity contribution >= 4 is 11.9 Å². The van der Waals surface area contributed by atoms with E-state index in [1.165, 1.54) is 0 Å². The zero-order valence-corrected chi connectivity index (χ0v) is 8.97. The predicted molar refractivity (Wildman–Crippen MR) is 53.8 cm³/mol. The number of esters is 1. The Kier molecular flexibility index (Phi) is 7.89. The molecule has 0 rings (SSSR count). The van der Waals surface area contributed by atoms with Gasteiger partial charge in [-0.05, 0) is 12.8 Å². The molecule has 0 saturated heterocycles. The van der Waals surface area contributed by atoms with Crippen LogP contribution >= 0.6 is 0 Å². The summed E-state index contributed by atoms with van der Waals surface area (Å²) in [6.45, 7) is 4.88. The fourth-order valence-electron chi connectivity index (χ4n) is 0.826. The lowest BCUT2D eigenvalue weighted by Gasteiger charge is -2.04. The fourth-order valence-corrected chi connectivity index (χ4v) is 0.826. The first kappa shape index (κ1) is 12.9. The number of ether oxygens (including phenoxy) is 1. The van der Waals surface area contributed by atoms with Gasteiger partial charge in [0.15, 0.2) is 0 Å². The third-order valence-corrected chi connectivity index (χ3v) is 1.73. The van der Waals surface area contributed by atoms with Gasteiger partial charge >= 0.3 is 11.9 Å². The van der Waals surface area contributed by atoms with Crippen molar-refractivity contribution < 1.29 is 14.3 Å². The summed E-state index contributed by atoms with van der Waals surface area (Å²) in [5.74, 6) is -1.40. The quantitative estimate of drug-likeness (QED) is 0.399.